The van der Waals surface area contributed by atoms with Crippen LogP contribution in [0.25, 0.3) is 22.4 Å². The van der Waals surface area contributed by atoms with Crippen LogP contribution in [-0.2, 0) is 0 Å². The minimum atomic E-state index is -0.695. The highest BCUT2D eigenvalue weighted by Crippen LogP contribution is 2.38. The molecule has 26 heavy (non-hydrogen) atoms. The van der Waals surface area contributed by atoms with E-state index in [0.717, 1.165) is 16.3 Å². The van der Waals surface area contributed by atoms with Gasteiger partial charge in [0.1, 0.15) is 0 Å². The zero-order chi connectivity index (χ0) is 18.7. The number of fused-ring (bicyclic) bond motifs is 1. The van der Waals surface area contributed by atoms with Crippen LogP contribution in [0.4, 0.5) is 5.69 Å². The highest BCUT2D eigenvalue weighted by molar-refractivity contribution is 6.01. The van der Waals surface area contributed by atoms with Crippen LogP contribution in [0.3, 0.4) is 0 Å². The third-order valence-electron chi connectivity index (χ3n) is 4.01. The van der Waals surface area contributed by atoms with E-state index in [-0.39, 0.29) is 5.75 Å². The lowest BCUT2D eigenvalue weighted by molar-refractivity contribution is -0.386. The molecule has 0 amide bonds. The normalized spacial score (nSPS) is 11.2. The Morgan fingerprint density at radius 2 is 1.96 bits per heavy atom. The summed E-state index contributed by atoms with van der Waals surface area (Å²) in [6.07, 6.45) is 1.54. The molecule has 0 saturated carbocycles. The maximum atomic E-state index is 11.1. The summed E-state index contributed by atoms with van der Waals surface area (Å²) in [4.78, 5) is 10.5. The van der Waals surface area contributed by atoms with Gasteiger partial charge in [0.05, 0.1) is 23.7 Å². The molecule has 3 rings (SSSR count). The van der Waals surface area contributed by atoms with Gasteiger partial charge >= 0.3 is 5.69 Å². The first-order valence-corrected chi connectivity index (χ1v) is 7.70. The molecule has 6 nitrogen and oxygen atoms in total. The Balaban J connectivity index is 2.20. The van der Waals surface area contributed by atoms with Crippen molar-refractivity contribution in [3.63, 3.8) is 0 Å². The number of nitrogens with zero attached hydrogens (tertiary/aromatic N) is 2. The van der Waals surface area contributed by atoms with E-state index in [1.807, 2.05) is 42.5 Å². The molecule has 3 aromatic rings. The molecule has 0 saturated heterocycles. The zero-order valence-corrected chi connectivity index (χ0v) is 13.8. The van der Waals surface area contributed by atoms with Crippen LogP contribution in [0, 0.1) is 21.4 Å². The summed E-state index contributed by atoms with van der Waals surface area (Å²) in [6.45, 7) is 0. The molecule has 0 radical (unpaired) electrons. The monoisotopic (exact) mass is 346 g/mol. The third kappa shape index (κ3) is 3.06. The van der Waals surface area contributed by atoms with Crippen LogP contribution < -0.4 is 4.74 Å². The maximum absolute atomic E-state index is 11.1. The number of methoxy groups -OCH3 is 1. The quantitative estimate of drug-likeness (QED) is 0.324. The molecule has 0 unspecified atom stereocenters. The van der Waals surface area contributed by atoms with Gasteiger partial charge in [-0.2, -0.15) is 5.26 Å². The lowest BCUT2D eigenvalue weighted by atomic mass is 9.97. The highest BCUT2D eigenvalue weighted by atomic mass is 16.6. The molecule has 6 heteroatoms. The molecule has 0 spiro atoms. The minimum absolute atomic E-state index is 0.0272. The van der Waals surface area contributed by atoms with Crippen molar-refractivity contribution in [2.45, 2.75) is 0 Å². The summed E-state index contributed by atoms with van der Waals surface area (Å²) in [7, 11) is 1.31. The van der Waals surface area contributed by atoms with E-state index in [4.69, 9.17) is 4.74 Å². The Morgan fingerprint density at radius 3 is 2.65 bits per heavy atom. The van der Waals surface area contributed by atoms with Gasteiger partial charge in [-0.25, -0.2) is 0 Å². The van der Waals surface area contributed by atoms with E-state index >= 15 is 0 Å². The first-order valence-electron chi connectivity index (χ1n) is 7.70. The molecule has 0 heterocycles. The highest BCUT2D eigenvalue weighted by Gasteiger charge is 2.19. The van der Waals surface area contributed by atoms with Crippen molar-refractivity contribution in [2.24, 2.45) is 0 Å². The Hall–Kier alpha value is -3.85. The number of allylic oxidation sites excluding steroid dienone is 1. The summed E-state index contributed by atoms with van der Waals surface area (Å²) in [5.41, 5.74) is 0.978. The van der Waals surface area contributed by atoms with E-state index in [0.29, 0.717) is 11.1 Å². The largest absolute Gasteiger partial charge is 0.500 e. The number of hydrogen-bond donors (Lipinski definition) is 1. The van der Waals surface area contributed by atoms with Crippen molar-refractivity contribution < 1.29 is 14.8 Å². The van der Waals surface area contributed by atoms with Gasteiger partial charge in [-0.05, 0) is 28.5 Å². The Morgan fingerprint density at radius 1 is 1.23 bits per heavy atom. The number of nitro benzene ring substituents is 1. The molecule has 0 aliphatic carbocycles. The molecule has 0 fully saturated rings. The third-order valence-corrected chi connectivity index (χ3v) is 4.01. The van der Waals surface area contributed by atoms with Crippen molar-refractivity contribution in [2.75, 3.05) is 7.11 Å². The molecule has 3 aromatic carbocycles. The second-order valence-electron chi connectivity index (χ2n) is 5.54. The average Bonchev–Trinajstić information content (AvgIpc) is 2.66. The Labute approximate surface area is 149 Å². The van der Waals surface area contributed by atoms with Crippen molar-refractivity contribution in [1.82, 2.24) is 0 Å². The van der Waals surface area contributed by atoms with E-state index in [1.54, 1.807) is 0 Å². The van der Waals surface area contributed by atoms with E-state index in [2.05, 4.69) is 6.07 Å². The fraction of sp³-hybridized carbons (Fsp3) is 0.0500. The number of hydrogen-bond acceptors (Lipinski definition) is 5. The Bertz CT molecular complexity index is 1080. The molecule has 0 bridgehead atoms. The summed E-state index contributed by atoms with van der Waals surface area (Å²) in [6, 6.07) is 18.1. The van der Waals surface area contributed by atoms with Crippen LogP contribution >= 0.6 is 0 Å². The molecule has 0 aliphatic rings. The number of aromatic hydroxyl groups is 1. The van der Waals surface area contributed by atoms with Gasteiger partial charge in [0.2, 0.25) is 5.75 Å². The van der Waals surface area contributed by atoms with Gasteiger partial charge in [-0.15, -0.1) is 0 Å². The summed E-state index contributed by atoms with van der Waals surface area (Å²) < 4.78 is 5.00. The van der Waals surface area contributed by atoms with Crippen molar-refractivity contribution >= 4 is 28.1 Å². The molecular formula is C20H14N2O4. The van der Waals surface area contributed by atoms with Gasteiger partial charge in [0, 0.05) is 11.6 Å². The van der Waals surface area contributed by atoms with Crippen LogP contribution in [0.1, 0.15) is 11.1 Å². The molecule has 0 aliphatic heterocycles. The predicted octanol–water partition coefficient (Wildman–Crippen LogP) is 4.53. The number of ether oxygens (including phenoxy) is 1. The second-order valence-corrected chi connectivity index (χ2v) is 5.54. The van der Waals surface area contributed by atoms with E-state index in [9.17, 15) is 20.5 Å². The number of benzene rings is 3. The van der Waals surface area contributed by atoms with Gasteiger partial charge in [-0.3, -0.25) is 10.1 Å². The van der Waals surface area contributed by atoms with Gasteiger partial charge in [0.15, 0.2) is 5.75 Å². The van der Waals surface area contributed by atoms with Gasteiger partial charge in [0.25, 0.3) is 0 Å². The molecular weight excluding hydrogens is 332 g/mol. The number of nitro groups is 1. The number of phenols is 1. The van der Waals surface area contributed by atoms with Crippen molar-refractivity contribution in [3.05, 3.63) is 75.8 Å². The first kappa shape index (κ1) is 17.0. The topological polar surface area (TPSA) is 96.4 Å². The average molecular weight is 346 g/mol. The fourth-order valence-electron chi connectivity index (χ4n) is 2.79. The van der Waals surface area contributed by atoms with Gasteiger partial charge in [-0.1, -0.05) is 42.5 Å². The summed E-state index contributed by atoms with van der Waals surface area (Å²) in [5, 5.41) is 32.5. The minimum Gasteiger partial charge on any atom is -0.500 e. The van der Waals surface area contributed by atoms with Crippen LogP contribution in [0.5, 0.6) is 11.5 Å². The predicted molar refractivity (Wildman–Crippen MR) is 98.7 cm³/mol. The molecule has 1 N–H and O–H groups in total. The van der Waals surface area contributed by atoms with E-state index in [1.165, 1.54) is 25.3 Å². The van der Waals surface area contributed by atoms with Crippen LogP contribution in [0.2, 0.25) is 0 Å². The summed E-state index contributed by atoms with van der Waals surface area (Å²) >= 11 is 0. The standard InChI is InChI=1S/C20H14N2O4/c1-26-19-11-13(10-18(20(19)23)22(24)25)9-15(12-21)17-8-4-6-14-5-2-3-7-16(14)17/h2-11,23H,1H3/b15-9-. The van der Waals surface area contributed by atoms with Crippen molar-refractivity contribution in [3.8, 4) is 17.6 Å². The SMILES string of the molecule is COc1cc(/C=C(/C#N)c2cccc3ccccc23)cc([N+](=O)[O-])c1O. The molecule has 128 valence electrons. The number of phenolic OH excluding ortho intramolecular Hbond substituents is 1. The van der Waals surface area contributed by atoms with Gasteiger partial charge < -0.3 is 9.84 Å². The Kier molecular flexibility index (Phi) is 4.54. The number of rotatable bonds is 4. The second kappa shape index (κ2) is 6.95. The lowest BCUT2D eigenvalue weighted by Crippen LogP contribution is -1.93. The zero-order valence-electron chi connectivity index (χ0n) is 13.8. The van der Waals surface area contributed by atoms with E-state index < -0.39 is 16.4 Å². The fourth-order valence-corrected chi connectivity index (χ4v) is 2.79. The molecule has 0 aromatic heterocycles. The van der Waals surface area contributed by atoms with Crippen LogP contribution in [-0.4, -0.2) is 17.1 Å². The van der Waals surface area contributed by atoms with Crippen LogP contribution in [0.15, 0.2) is 54.6 Å². The molecule has 0 atom stereocenters. The first-order chi connectivity index (χ1) is 12.5. The number of nitriles is 1. The lowest BCUT2D eigenvalue weighted by Gasteiger charge is -2.07. The maximum Gasteiger partial charge on any atom is 0.315 e. The summed E-state index contributed by atoms with van der Waals surface area (Å²) in [5.74, 6) is -0.570. The smallest absolute Gasteiger partial charge is 0.315 e. The van der Waals surface area contributed by atoms with Crippen molar-refractivity contribution in [1.29, 1.82) is 5.26 Å².